The van der Waals surface area contributed by atoms with Crippen molar-refractivity contribution in [3.63, 3.8) is 0 Å². The Bertz CT molecular complexity index is 1110. The summed E-state index contributed by atoms with van der Waals surface area (Å²) in [4.78, 5) is 35.7. The molecule has 0 spiro atoms. The number of carbonyl (C=O) groups is 2. The topological polar surface area (TPSA) is 101 Å². The van der Waals surface area contributed by atoms with E-state index in [1.54, 1.807) is 24.3 Å². The zero-order chi connectivity index (χ0) is 21.0. The number of para-hydroxylation sites is 1. The number of nitrogens with one attached hydrogen (secondary N) is 2. The highest BCUT2D eigenvalue weighted by Crippen LogP contribution is 2.22. The summed E-state index contributed by atoms with van der Waals surface area (Å²) >= 11 is 0. The molecule has 0 aromatic heterocycles. The molecule has 0 fully saturated rings. The van der Waals surface area contributed by atoms with Gasteiger partial charge < -0.3 is 10.6 Å². The molecular weight excluding hydrogens is 370 g/mol. The summed E-state index contributed by atoms with van der Waals surface area (Å²) in [7, 11) is 0. The average Bonchev–Trinajstić information content (AvgIpc) is 2.71. The molecule has 0 aliphatic heterocycles. The molecule has 2 N–H and O–H groups in total. The lowest BCUT2D eigenvalue weighted by molar-refractivity contribution is -0.384. The second-order valence-electron chi connectivity index (χ2n) is 6.51. The molecule has 3 aromatic rings. The van der Waals surface area contributed by atoms with E-state index in [1.807, 2.05) is 32.0 Å². The van der Waals surface area contributed by atoms with Gasteiger partial charge in [-0.05, 0) is 49.2 Å². The highest BCUT2D eigenvalue weighted by atomic mass is 16.6. The van der Waals surface area contributed by atoms with Gasteiger partial charge in [0.05, 0.1) is 16.2 Å². The van der Waals surface area contributed by atoms with Gasteiger partial charge in [-0.15, -0.1) is 0 Å². The quantitative estimate of drug-likeness (QED) is 0.487. The van der Waals surface area contributed by atoms with E-state index in [9.17, 15) is 19.7 Å². The first kappa shape index (κ1) is 19.8. The molecule has 3 rings (SSSR count). The summed E-state index contributed by atoms with van der Waals surface area (Å²) < 4.78 is 0. The summed E-state index contributed by atoms with van der Waals surface area (Å²) in [5.41, 5.74) is 3.24. The van der Waals surface area contributed by atoms with E-state index < -0.39 is 10.8 Å². The van der Waals surface area contributed by atoms with Crippen LogP contribution in [-0.4, -0.2) is 16.7 Å². The largest absolute Gasteiger partial charge is 0.322 e. The van der Waals surface area contributed by atoms with Gasteiger partial charge in [-0.2, -0.15) is 0 Å². The van der Waals surface area contributed by atoms with Gasteiger partial charge >= 0.3 is 0 Å². The minimum absolute atomic E-state index is 0.129. The van der Waals surface area contributed by atoms with Crippen molar-refractivity contribution in [2.75, 3.05) is 10.6 Å². The first-order chi connectivity index (χ1) is 13.9. The maximum Gasteiger partial charge on any atom is 0.270 e. The number of carbonyl (C=O) groups excluding carboxylic acids is 2. The van der Waals surface area contributed by atoms with Gasteiger partial charge in [-0.1, -0.05) is 30.3 Å². The standard InChI is InChI=1S/C22H19N3O4/c1-14-7-5-12-19(15(14)2)23-22(27)18-10-3-4-11-20(18)24-21(26)16-8-6-9-17(13-16)25(28)29/h3-13H,1-2H3,(H,23,27)(H,24,26). The lowest BCUT2D eigenvalue weighted by atomic mass is 10.1. The van der Waals surface area contributed by atoms with Crippen LogP contribution >= 0.6 is 0 Å². The molecule has 0 aliphatic carbocycles. The number of nitro groups is 1. The molecule has 0 saturated carbocycles. The van der Waals surface area contributed by atoms with Crippen LogP contribution in [-0.2, 0) is 0 Å². The fraction of sp³-hybridized carbons (Fsp3) is 0.0909. The highest BCUT2D eigenvalue weighted by molar-refractivity contribution is 6.12. The monoisotopic (exact) mass is 389 g/mol. The number of hydrogen-bond donors (Lipinski definition) is 2. The summed E-state index contributed by atoms with van der Waals surface area (Å²) in [5.74, 6) is -0.908. The van der Waals surface area contributed by atoms with Crippen LogP contribution in [0.1, 0.15) is 31.8 Å². The number of anilines is 2. The molecule has 3 aromatic carbocycles. The number of rotatable bonds is 5. The summed E-state index contributed by atoms with van der Waals surface area (Å²) in [5, 5.41) is 16.5. The SMILES string of the molecule is Cc1cccc(NC(=O)c2ccccc2NC(=O)c2cccc([N+](=O)[O-])c2)c1C. The van der Waals surface area contributed by atoms with Gasteiger partial charge in [0.25, 0.3) is 17.5 Å². The van der Waals surface area contributed by atoms with Gasteiger partial charge in [-0.3, -0.25) is 19.7 Å². The van der Waals surface area contributed by atoms with E-state index in [-0.39, 0.29) is 22.7 Å². The van der Waals surface area contributed by atoms with E-state index in [2.05, 4.69) is 10.6 Å². The van der Waals surface area contributed by atoms with Crippen molar-refractivity contribution >= 4 is 28.9 Å². The Morgan fingerprint density at radius 3 is 2.24 bits per heavy atom. The molecule has 146 valence electrons. The highest BCUT2D eigenvalue weighted by Gasteiger charge is 2.16. The van der Waals surface area contributed by atoms with E-state index in [0.29, 0.717) is 11.4 Å². The second kappa shape index (κ2) is 8.35. The van der Waals surface area contributed by atoms with E-state index in [4.69, 9.17) is 0 Å². The molecule has 0 atom stereocenters. The van der Waals surface area contributed by atoms with Crippen LogP contribution in [0.3, 0.4) is 0 Å². The van der Waals surface area contributed by atoms with Crippen molar-refractivity contribution < 1.29 is 14.5 Å². The summed E-state index contributed by atoms with van der Waals surface area (Å²) in [6.45, 7) is 3.87. The first-order valence-corrected chi connectivity index (χ1v) is 8.89. The van der Waals surface area contributed by atoms with Gasteiger partial charge in [0.15, 0.2) is 0 Å². The van der Waals surface area contributed by atoms with E-state index in [1.165, 1.54) is 24.3 Å². The van der Waals surface area contributed by atoms with Crippen LogP contribution in [0.25, 0.3) is 0 Å². The second-order valence-corrected chi connectivity index (χ2v) is 6.51. The minimum Gasteiger partial charge on any atom is -0.322 e. The molecule has 0 heterocycles. The third kappa shape index (κ3) is 4.47. The van der Waals surface area contributed by atoms with E-state index in [0.717, 1.165) is 11.1 Å². The van der Waals surface area contributed by atoms with Crippen molar-refractivity contribution in [1.29, 1.82) is 0 Å². The van der Waals surface area contributed by atoms with Crippen molar-refractivity contribution in [2.45, 2.75) is 13.8 Å². The molecule has 2 amide bonds. The molecule has 0 aliphatic rings. The van der Waals surface area contributed by atoms with Crippen LogP contribution in [0.15, 0.2) is 66.7 Å². The van der Waals surface area contributed by atoms with Crippen LogP contribution in [0.4, 0.5) is 17.1 Å². The van der Waals surface area contributed by atoms with Gasteiger partial charge in [0, 0.05) is 23.4 Å². The first-order valence-electron chi connectivity index (χ1n) is 8.89. The zero-order valence-electron chi connectivity index (χ0n) is 15.9. The fourth-order valence-electron chi connectivity index (χ4n) is 2.82. The Balaban J connectivity index is 1.84. The Morgan fingerprint density at radius 2 is 1.48 bits per heavy atom. The number of amides is 2. The van der Waals surface area contributed by atoms with Crippen molar-refractivity contribution in [3.8, 4) is 0 Å². The number of hydrogen-bond acceptors (Lipinski definition) is 4. The van der Waals surface area contributed by atoms with Gasteiger partial charge in [0.2, 0.25) is 0 Å². The summed E-state index contributed by atoms with van der Waals surface area (Å²) in [6, 6.07) is 17.6. The Morgan fingerprint density at radius 1 is 0.828 bits per heavy atom. The smallest absolute Gasteiger partial charge is 0.270 e. The van der Waals surface area contributed by atoms with Crippen LogP contribution in [0.5, 0.6) is 0 Å². The number of nitrogens with zero attached hydrogens (tertiary/aromatic N) is 1. The number of benzene rings is 3. The average molecular weight is 389 g/mol. The van der Waals surface area contributed by atoms with Gasteiger partial charge in [-0.25, -0.2) is 0 Å². The lowest BCUT2D eigenvalue weighted by Crippen LogP contribution is -2.18. The van der Waals surface area contributed by atoms with Crippen LogP contribution in [0.2, 0.25) is 0 Å². The minimum atomic E-state index is -0.567. The number of nitro benzene ring substituents is 1. The maximum absolute atomic E-state index is 12.8. The normalized spacial score (nSPS) is 10.3. The molecule has 0 unspecified atom stereocenters. The molecular formula is C22H19N3O4. The molecule has 0 bridgehead atoms. The number of non-ortho nitro benzene ring substituents is 1. The Kier molecular flexibility index (Phi) is 5.69. The van der Waals surface area contributed by atoms with Crippen LogP contribution < -0.4 is 10.6 Å². The maximum atomic E-state index is 12.8. The van der Waals surface area contributed by atoms with Crippen molar-refractivity contribution in [2.24, 2.45) is 0 Å². The number of aryl methyl sites for hydroxylation is 1. The third-order valence-electron chi connectivity index (χ3n) is 4.59. The predicted molar refractivity (Wildman–Crippen MR) is 111 cm³/mol. The van der Waals surface area contributed by atoms with Gasteiger partial charge in [0.1, 0.15) is 0 Å². The zero-order valence-corrected chi connectivity index (χ0v) is 15.9. The van der Waals surface area contributed by atoms with E-state index >= 15 is 0 Å². The third-order valence-corrected chi connectivity index (χ3v) is 4.59. The molecule has 0 saturated heterocycles. The summed E-state index contributed by atoms with van der Waals surface area (Å²) in [6.07, 6.45) is 0. The van der Waals surface area contributed by atoms with Crippen LogP contribution in [0, 0.1) is 24.0 Å². The molecule has 7 nitrogen and oxygen atoms in total. The lowest BCUT2D eigenvalue weighted by Gasteiger charge is -2.13. The fourth-order valence-corrected chi connectivity index (χ4v) is 2.82. The van der Waals surface area contributed by atoms with Crippen molar-refractivity contribution in [3.05, 3.63) is 99.1 Å². The Labute approximate surface area is 167 Å². The molecule has 0 radical (unpaired) electrons. The predicted octanol–water partition coefficient (Wildman–Crippen LogP) is 4.72. The molecule has 7 heteroatoms. The van der Waals surface area contributed by atoms with Crippen molar-refractivity contribution in [1.82, 2.24) is 0 Å². The Hall–Kier alpha value is -4.00. The molecule has 29 heavy (non-hydrogen) atoms.